The zero-order valence-corrected chi connectivity index (χ0v) is 14.6. The maximum absolute atomic E-state index is 12.0. The fraction of sp³-hybridized carbons (Fsp3) is 0.150. The molecule has 1 heterocycles. The summed E-state index contributed by atoms with van der Waals surface area (Å²) in [4.78, 5) is 29.2. The molecule has 0 aromatic heterocycles. The fourth-order valence-electron chi connectivity index (χ4n) is 2.78. The van der Waals surface area contributed by atoms with E-state index in [0.29, 0.717) is 16.8 Å². The van der Waals surface area contributed by atoms with Crippen LogP contribution in [0, 0.1) is 0 Å². The molecule has 3 N–H and O–H groups in total. The Kier molecular flexibility index (Phi) is 4.58. The lowest BCUT2D eigenvalue weighted by Crippen LogP contribution is -2.21. The monoisotopic (exact) mass is 349 g/mol. The molecule has 0 saturated heterocycles. The maximum atomic E-state index is 12.0. The summed E-state index contributed by atoms with van der Waals surface area (Å²) in [5.41, 5.74) is 9.79. The van der Waals surface area contributed by atoms with Gasteiger partial charge in [-0.2, -0.15) is 0 Å². The highest BCUT2D eigenvalue weighted by molar-refractivity contribution is 6.02. The number of carbonyl (C=O) groups is 2. The first-order chi connectivity index (χ1) is 12.3. The number of hydrogen-bond donors (Lipinski definition) is 2. The van der Waals surface area contributed by atoms with Crippen molar-refractivity contribution >= 4 is 29.5 Å². The van der Waals surface area contributed by atoms with Crippen molar-refractivity contribution in [1.29, 1.82) is 0 Å². The number of hydrogen-bond acceptors (Lipinski definition) is 4. The maximum Gasteiger partial charge on any atom is 0.332 e. The van der Waals surface area contributed by atoms with E-state index in [2.05, 4.69) is 4.99 Å². The molecule has 1 amide bonds. The summed E-state index contributed by atoms with van der Waals surface area (Å²) in [5.74, 6) is -0.790. The summed E-state index contributed by atoms with van der Waals surface area (Å²) in [5, 5.41) is 9.31. The molecule has 0 unspecified atom stereocenters. The molecule has 1 aliphatic rings. The lowest BCUT2D eigenvalue weighted by atomic mass is 9.99. The average molecular weight is 349 g/mol. The van der Waals surface area contributed by atoms with E-state index < -0.39 is 5.97 Å². The van der Waals surface area contributed by atoms with Gasteiger partial charge in [-0.25, -0.2) is 9.79 Å². The summed E-state index contributed by atoms with van der Waals surface area (Å²) in [6.45, 7) is 0. The molecule has 0 aliphatic carbocycles. The van der Waals surface area contributed by atoms with E-state index in [1.54, 1.807) is 32.3 Å². The van der Waals surface area contributed by atoms with Gasteiger partial charge in [0.05, 0.1) is 5.69 Å². The number of nitrogens with zero attached hydrogens (tertiary/aromatic N) is 2. The lowest BCUT2D eigenvalue weighted by Gasteiger charge is -2.11. The Bertz CT molecular complexity index is 941. The van der Waals surface area contributed by atoms with Gasteiger partial charge in [-0.3, -0.25) is 4.79 Å². The third-order valence-electron chi connectivity index (χ3n) is 4.14. The average Bonchev–Trinajstić information content (AvgIpc) is 2.78. The van der Waals surface area contributed by atoms with Crippen LogP contribution >= 0.6 is 0 Å². The smallest absolute Gasteiger partial charge is 0.332 e. The zero-order valence-electron chi connectivity index (χ0n) is 14.6. The van der Waals surface area contributed by atoms with E-state index in [9.17, 15) is 14.7 Å². The Morgan fingerprint density at radius 1 is 1.08 bits per heavy atom. The first kappa shape index (κ1) is 17.4. The standard InChI is InChI=1S/C20H19N3O3/c1-23(2)19(24)13-5-3-12(4-6-13)14-7-8-17-15(9-14)10-16(20(25)26)11-18(21)22-17/h3-10H,11H2,1-2H3,(H2,21,22)(H,25,26). The summed E-state index contributed by atoms with van der Waals surface area (Å²) in [7, 11) is 3.42. The molecule has 0 bridgehead atoms. The molecule has 3 rings (SSSR count). The highest BCUT2D eigenvalue weighted by atomic mass is 16.4. The molecule has 1 aliphatic heterocycles. The summed E-state index contributed by atoms with van der Waals surface area (Å²) < 4.78 is 0. The molecule has 26 heavy (non-hydrogen) atoms. The number of carbonyl (C=O) groups excluding carboxylic acids is 1. The van der Waals surface area contributed by atoms with Crippen molar-refractivity contribution in [3.63, 3.8) is 0 Å². The molecule has 2 aromatic carbocycles. The Hall–Kier alpha value is -3.41. The number of fused-ring (bicyclic) bond motifs is 1. The molecule has 132 valence electrons. The van der Waals surface area contributed by atoms with Gasteiger partial charge in [-0.15, -0.1) is 0 Å². The topological polar surface area (TPSA) is 96.0 Å². The van der Waals surface area contributed by atoms with Gasteiger partial charge in [0.1, 0.15) is 5.84 Å². The number of carboxylic acid groups (broad SMARTS) is 1. The van der Waals surface area contributed by atoms with E-state index in [1.807, 2.05) is 30.3 Å². The van der Waals surface area contributed by atoms with Gasteiger partial charge in [-0.1, -0.05) is 18.2 Å². The van der Waals surface area contributed by atoms with E-state index in [4.69, 9.17) is 5.73 Å². The van der Waals surface area contributed by atoms with Crippen LogP contribution in [0.1, 0.15) is 22.3 Å². The Labute approximate surface area is 151 Å². The van der Waals surface area contributed by atoms with Crippen LogP contribution in [-0.4, -0.2) is 41.8 Å². The van der Waals surface area contributed by atoms with Gasteiger partial charge in [-0.05, 0) is 41.5 Å². The first-order valence-electron chi connectivity index (χ1n) is 8.08. The van der Waals surface area contributed by atoms with Crippen LogP contribution in [0.25, 0.3) is 17.2 Å². The van der Waals surface area contributed by atoms with Crippen molar-refractivity contribution < 1.29 is 14.7 Å². The number of carboxylic acids is 1. The van der Waals surface area contributed by atoms with Crippen LogP contribution in [0.2, 0.25) is 0 Å². The number of aliphatic imine (C=N–C) groups is 1. The molecule has 0 atom stereocenters. The van der Waals surface area contributed by atoms with Crippen LogP contribution < -0.4 is 5.73 Å². The second-order valence-electron chi connectivity index (χ2n) is 6.31. The number of amides is 1. The predicted octanol–water partition coefficient (Wildman–Crippen LogP) is 2.92. The summed E-state index contributed by atoms with van der Waals surface area (Å²) >= 11 is 0. The molecular formula is C20H19N3O3. The van der Waals surface area contributed by atoms with Crippen molar-refractivity contribution in [2.75, 3.05) is 14.1 Å². The van der Waals surface area contributed by atoms with Crippen LogP contribution in [0.3, 0.4) is 0 Å². The molecule has 2 aromatic rings. The second-order valence-corrected chi connectivity index (χ2v) is 6.31. The summed E-state index contributed by atoms with van der Waals surface area (Å²) in [6.07, 6.45) is 1.72. The minimum Gasteiger partial charge on any atom is -0.478 e. The van der Waals surface area contributed by atoms with Gasteiger partial charge >= 0.3 is 5.97 Å². The van der Waals surface area contributed by atoms with E-state index >= 15 is 0 Å². The van der Waals surface area contributed by atoms with Crippen LogP contribution in [0.5, 0.6) is 0 Å². The van der Waals surface area contributed by atoms with Gasteiger partial charge < -0.3 is 15.7 Å². The molecule has 6 nitrogen and oxygen atoms in total. The quantitative estimate of drug-likeness (QED) is 0.890. The van der Waals surface area contributed by atoms with E-state index in [-0.39, 0.29) is 23.7 Å². The van der Waals surface area contributed by atoms with Crippen LogP contribution in [0.15, 0.2) is 53.0 Å². The van der Waals surface area contributed by atoms with Gasteiger partial charge in [0.25, 0.3) is 5.91 Å². The largest absolute Gasteiger partial charge is 0.478 e. The number of aliphatic carboxylic acids is 1. The van der Waals surface area contributed by atoms with Crippen molar-refractivity contribution in [2.24, 2.45) is 10.7 Å². The van der Waals surface area contributed by atoms with Crippen molar-refractivity contribution in [2.45, 2.75) is 6.42 Å². The van der Waals surface area contributed by atoms with Crippen molar-refractivity contribution in [1.82, 2.24) is 4.90 Å². The van der Waals surface area contributed by atoms with Crippen LogP contribution in [0.4, 0.5) is 5.69 Å². The first-order valence-corrected chi connectivity index (χ1v) is 8.08. The number of nitrogens with two attached hydrogens (primary N) is 1. The normalized spacial score (nSPS) is 13.2. The Morgan fingerprint density at radius 2 is 1.73 bits per heavy atom. The van der Waals surface area contributed by atoms with Gasteiger partial charge in [0, 0.05) is 37.2 Å². The van der Waals surface area contributed by atoms with Crippen molar-refractivity contribution in [3.05, 3.63) is 59.2 Å². The minimum atomic E-state index is -1.01. The van der Waals surface area contributed by atoms with E-state index in [1.165, 1.54) is 4.90 Å². The third-order valence-corrected chi connectivity index (χ3v) is 4.14. The fourth-order valence-corrected chi connectivity index (χ4v) is 2.78. The summed E-state index contributed by atoms with van der Waals surface area (Å²) in [6, 6.07) is 12.9. The highest BCUT2D eigenvalue weighted by Crippen LogP contribution is 2.31. The second kappa shape index (κ2) is 6.84. The minimum absolute atomic E-state index is 0.0580. The SMILES string of the molecule is CN(C)C(=O)c1ccc(-c2ccc3c(c2)C=C(C(=O)O)CC(N)=N3)cc1. The Balaban J connectivity index is 2.00. The van der Waals surface area contributed by atoms with E-state index in [0.717, 1.165) is 11.1 Å². The number of rotatable bonds is 3. The van der Waals surface area contributed by atoms with Crippen LogP contribution in [-0.2, 0) is 4.79 Å². The number of amidine groups is 1. The molecule has 0 fully saturated rings. The third kappa shape index (κ3) is 3.49. The Morgan fingerprint density at radius 3 is 2.35 bits per heavy atom. The predicted molar refractivity (Wildman–Crippen MR) is 101 cm³/mol. The molecular weight excluding hydrogens is 330 g/mol. The molecule has 0 radical (unpaired) electrons. The highest BCUT2D eigenvalue weighted by Gasteiger charge is 2.16. The molecule has 0 saturated carbocycles. The number of benzene rings is 2. The molecule has 6 heteroatoms. The van der Waals surface area contributed by atoms with Gasteiger partial charge in [0.15, 0.2) is 0 Å². The zero-order chi connectivity index (χ0) is 18.8. The van der Waals surface area contributed by atoms with Crippen molar-refractivity contribution in [3.8, 4) is 11.1 Å². The molecule has 0 spiro atoms. The van der Waals surface area contributed by atoms with Gasteiger partial charge in [0.2, 0.25) is 0 Å². The lowest BCUT2D eigenvalue weighted by molar-refractivity contribution is -0.132.